The Labute approximate surface area is 104 Å². The fraction of sp³-hybridized carbons (Fsp3) is 0.917. The summed E-state index contributed by atoms with van der Waals surface area (Å²) in [5.74, 6) is -1.26. The normalized spacial score (nSPS) is 34.1. The van der Waals surface area contributed by atoms with E-state index in [-0.39, 0.29) is 12.3 Å². The zero-order valence-corrected chi connectivity index (χ0v) is 10.0. The second-order valence-corrected chi connectivity index (χ2v) is 5.47. The number of carbonyl (C=O) groups is 1. The van der Waals surface area contributed by atoms with Crippen LogP contribution < -0.4 is 5.32 Å². The van der Waals surface area contributed by atoms with E-state index in [1.54, 1.807) is 0 Å². The van der Waals surface area contributed by atoms with Crippen LogP contribution in [0.15, 0.2) is 0 Å². The van der Waals surface area contributed by atoms with Crippen LogP contribution in [0.3, 0.4) is 0 Å². The molecule has 0 radical (unpaired) electrons. The number of hydrogen-bond acceptors (Lipinski definition) is 2. The quantitative estimate of drug-likeness (QED) is 0.824. The van der Waals surface area contributed by atoms with Crippen LogP contribution in [-0.2, 0) is 4.79 Å². The predicted octanol–water partition coefficient (Wildman–Crippen LogP) is 2.42. The number of hydrogen-bond donors (Lipinski definition) is 2. The SMILES string of the molecule is O=C(O)C1CC(CC(F)(F)F)C(C2CCC2)CN1. The van der Waals surface area contributed by atoms with E-state index in [2.05, 4.69) is 5.32 Å². The molecule has 0 bridgehead atoms. The van der Waals surface area contributed by atoms with Gasteiger partial charge in [-0.05, 0) is 30.7 Å². The van der Waals surface area contributed by atoms with Crippen molar-refractivity contribution in [2.45, 2.75) is 44.3 Å². The minimum atomic E-state index is -4.20. The Morgan fingerprint density at radius 1 is 1.33 bits per heavy atom. The summed E-state index contributed by atoms with van der Waals surface area (Å²) in [4.78, 5) is 10.9. The largest absolute Gasteiger partial charge is 0.480 e. The van der Waals surface area contributed by atoms with Crippen molar-refractivity contribution >= 4 is 5.97 Å². The molecule has 1 aliphatic heterocycles. The first-order valence-electron chi connectivity index (χ1n) is 6.40. The molecule has 6 heteroatoms. The Balaban J connectivity index is 2.02. The van der Waals surface area contributed by atoms with Gasteiger partial charge in [-0.1, -0.05) is 19.3 Å². The first-order chi connectivity index (χ1) is 8.37. The van der Waals surface area contributed by atoms with Crippen molar-refractivity contribution in [3.63, 3.8) is 0 Å². The van der Waals surface area contributed by atoms with Crippen LogP contribution >= 0.6 is 0 Å². The van der Waals surface area contributed by atoms with Gasteiger partial charge in [-0.15, -0.1) is 0 Å². The molecule has 3 unspecified atom stereocenters. The maximum atomic E-state index is 12.6. The molecule has 0 aromatic heterocycles. The van der Waals surface area contributed by atoms with Gasteiger partial charge in [0.25, 0.3) is 0 Å². The van der Waals surface area contributed by atoms with E-state index in [1.807, 2.05) is 0 Å². The summed E-state index contributed by atoms with van der Waals surface area (Å²) in [7, 11) is 0. The maximum absolute atomic E-state index is 12.6. The van der Waals surface area contributed by atoms with Gasteiger partial charge in [-0.25, -0.2) is 0 Å². The first kappa shape index (κ1) is 13.6. The van der Waals surface area contributed by atoms with Crippen LogP contribution in [0, 0.1) is 17.8 Å². The highest BCUT2D eigenvalue weighted by Gasteiger charge is 2.44. The van der Waals surface area contributed by atoms with Gasteiger partial charge in [-0.3, -0.25) is 4.79 Å². The Bertz CT molecular complexity index is 315. The van der Waals surface area contributed by atoms with Gasteiger partial charge in [0.2, 0.25) is 0 Å². The molecule has 1 saturated heterocycles. The van der Waals surface area contributed by atoms with E-state index < -0.39 is 30.5 Å². The van der Waals surface area contributed by atoms with Gasteiger partial charge in [0.15, 0.2) is 0 Å². The second kappa shape index (κ2) is 5.07. The predicted molar refractivity (Wildman–Crippen MR) is 59.0 cm³/mol. The van der Waals surface area contributed by atoms with Crippen LogP contribution in [0.1, 0.15) is 32.1 Å². The number of alkyl halides is 3. The summed E-state index contributed by atoms with van der Waals surface area (Å²) in [6.45, 7) is 0.405. The Kier molecular flexibility index (Phi) is 3.84. The molecule has 3 atom stereocenters. The molecule has 104 valence electrons. The summed E-state index contributed by atoms with van der Waals surface area (Å²) in [6.07, 6.45) is -1.90. The highest BCUT2D eigenvalue weighted by Crippen LogP contribution is 2.43. The minimum absolute atomic E-state index is 0.0176. The third-order valence-electron chi connectivity index (χ3n) is 4.29. The molecule has 0 aromatic carbocycles. The van der Waals surface area contributed by atoms with E-state index in [0.29, 0.717) is 12.5 Å². The number of carboxylic acid groups (broad SMARTS) is 1. The zero-order chi connectivity index (χ0) is 13.3. The molecule has 0 spiro atoms. The maximum Gasteiger partial charge on any atom is 0.389 e. The number of nitrogens with one attached hydrogen (secondary N) is 1. The van der Waals surface area contributed by atoms with Gasteiger partial charge in [0.1, 0.15) is 6.04 Å². The summed E-state index contributed by atoms with van der Waals surface area (Å²) >= 11 is 0. The van der Waals surface area contributed by atoms with E-state index in [4.69, 9.17) is 5.11 Å². The smallest absolute Gasteiger partial charge is 0.389 e. The average Bonchev–Trinajstić information content (AvgIpc) is 2.15. The highest BCUT2D eigenvalue weighted by molar-refractivity contribution is 5.73. The number of halogens is 3. The van der Waals surface area contributed by atoms with Gasteiger partial charge < -0.3 is 10.4 Å². The molecule has 2 aliphatic rings. The Hall–Kier alpha value is -0.780. The van der Waals surface area contributed by atoms with E-state index in [1.165, 1.54) is 0 Å². The molecule has 1 saturated carbocycles. The molecule has 1 aliphatic carbocycles. The first-order valence-corrected chi connectivity index (χ1v) is 6.40. The van der Waals surface area contributed by atoms with Gasteiger partial charge >= 0.3 is 12.1 Å². The molecular weight excluding hydrogens is 247 g/mol. The topological polar surface area (TPSA) is 49.3 Å². The van der Waals surface area contributed by atoms with Crippen molar-refractivity contribution in [3.05, 3.63) is 0 Å². The monoisotopic (exact) mass is 265 g/mol. The van der Waals surface area contributed by atoms with Crippen molar-refractivity contribution in [2.75, 3.05) is 6.54 Å². The van der Waals surface area contributed by atoms with Crippen LogP contribution in [0.2, 0.25) is 0 Å². The summed E-state index contributed by atoms with van der Waals surface area (Å²) < 4.78 is 37.7. The lowest BCUT2D eigenvalue weighted by Crippen LogP contribution is -2.51. The van der Waals surface area contributed by atoms with Crippen molar-refractivity contribution in [1.82, 2.24) is 5.32 Å². The van der Waals surface area contributed by atoms with Crippen LogP contribution in [0.4, 0.5) is 13.2 Å². The van der Waals surface area contributed by atoms with E-state index >= 15 is 0 Å². The van der Waals surface area contributed by atoms with Crippen LogP contribution in [-0.4, -0.2) is 29.8 Å². The second-order valence-electron chi connectivity index (χ2n) is 5.47. The number of carboxylic acids is 1. The minimum Gasteiger partial charge on any atom is -0.480 e. The average molecular weight is 265 g/mol. The lowest BCUT2D eigenvalue weighted by Gasteiger charge is -2.43. The summed E-state index contributed by atoms with van der Waals surface area (Å²) in [5, 5.41) is 11.8. The highest BCUT2D eigenvalue weighted by atomic mass is 19.4. The standard InChI is InChI=1S/C12H18F3NO2/c13-12(14,15)5-8-4-10(11(17)18)16-6-9(8)7-2-1-3-7/h7-10,16H,1-6H2,(H,17,18). The molecule has 0 aromatic rings. The van der Waals surface area contributed by atoms with Crippen molar-refractivity contribution in [3.8, 4) is 0 Å². The van der Waals surface area contributed by atoms with Gasteiger partial charge in [0.05, 0.1) is 0 Å². The Morgan fingerprint density at radius 2 is 2.00 bits per heavy atom. The van der Waals surface area contributed by atoms with E-state index in [0.717, 1.165) is 19.3 Å². The third-order valence-corrected chi connectivity index (χ3v) is 4.29. The molecule has 2 fully saturated rings. The molecule has 0 amide bonds. The van der Waals surface area contributed by atoms with Crippen molar-refractivity contribution in [2.24, 2.45) is 17.8 Å². The molecule has 18 heavy (non-hydrogen) atoms. The van der Waals surface area contributed by atoms with Gasteiger partial charge in [-0.2, -0.15) is 13.2 Å². The van der Waals surface area contributed by atoms with Crippen molar-refractivity contribution in [1.29, 1.82) is 0 Å². The number of aliphatic carboxylic acids is 1. The van der Waals surface area contributed by atoms with Crippen molar-refractivity contribution < 1.29 is 23.1 Å². The number of rotatable bonds is 3. The number of piperidine rings is 1. The lowest BCUT2D eigenvalue weighted by molar-refractivity contribution is -0.158. The molecule has 1 heterocycles. The molecule has 2 N–H and O–H groups in total. The lowest BCUT2D eigenvalue weighted by atomic mass is 9.66. The molecule has 3 nitrogen and oxygen atoms in total. The fourth-order valence-electron chi connectivity index (χ4n) is 3.15. The van der Waals surface area contributed by atoms with Crippen LogP contribution in [0.25, 0.3) is 0 Å². The van der Waals surface area contributed by atoms with Crippen LogP contribution in [0.5, 0.6) is 0 Å². The van der Waals surface area contributed by atoms with Gasteiger partial charge in [0, 0.05) is 6.42 Å². The molecular formula is C12H18F3NO2. The zero-order valence-electron chi connectivity index (χ0n) is 10.0. The fourth-order valence-corrected chi connectivity index (χ4v) is 3.15. The summed E-state index contributed by atoms with van der Waals surface area (Å²) in [6, 6.07) is -0.825. The molecule has 2 rings (SSSR count). The van der Waals surface area contributed by atoms with E-state index in [9.17, 15) is 18.0 Å². The Morgan fingerprint density at radius 3 is 2.44 bits per heavy atom. The third kappa shape index (κ3) is 3.16. The summed E-state index contributed by atoms with van der Waals surface area (Å²) in [5.41, 5.74) is 0.